The van der Waals surface area contributed by atoms with Crippen LogP contribution in [0.5, 0.6) is 0 Å². The average Bonchev–Trinajstić information content (AvgIpc) is 3.28. The van der Waals surface area contributed by atoms with Crippen molar-refractivity contribution in [3.05, 3.63) is 18.0 Å². The summed E-state index contributed by atoms with van der Waals surface area (Å²) in [5.74, 6) is 1.63. The van der Waals surface area contributed by atoms with Gasteiger partial charge < -0.3 is 24.8 Å². The molecule has 2 aromatic rings. The van der Waals surface area contributed by atoms with Crippen molar-refractivity contribution in [1.29, 1.82) is 0 Å². The van der Waals surface area contributed by atoms with Crippen molar-refractivity contribution in [3.8, 4) is 0 Å². The molecule has 4 heterocycles. The summed E-state index contributed by atoms with van der Waals surface area (Å²) in [7, 11) is 2.13. The van der Waals surface area contributed by atoms with Crippen molar-refractivity contribution in [1.82, 2.24) is 24.3 Å². The number of amides is 1. The molecule has 0 aromatic carbocycles. The van der Waals surface area contributed by atoms with E-state index in [1.54, 1.807) is 0 Å². The molecule has 2 atom stereocenters. The lowest BCUT2D eigenvalue weighted by Gasteiger charge is -2.37. The van der Waals surface area contributed by atoms with Crippen LogP contribution in [-0.2, 0) is 4.79 Å². The third-order valence-electron chi connectivity index (χ3n) is 8.98. The molecule has 3 fully saturated rings. The Bertz CT molecular complexity index is 1050. The Balaban J connectivity index is 1.35. The van der Waals surface area contributed by atoms with Crippen molar-refractivity contribution in [2.75, 3.05) is 38.5 Å². The molecule has 5 rings (SSSR count). The van der Waals surface area contributed by atoms with E-state index in [0.29, 0.717) is 29.9 Å². The van der Waals surface area contributed by atoms with Crippen LogP contribution in [0.1, 0.15) is 95.6 Å². The number of aliphatic hydroxyl groups excluding tert-OH is 1. The van der Waals surface area contributed by atoms with Gasteiger partial charge in [0.2, 0.25) is 11.9 Å². The molecule has 2 saturated heterocycles. The maximum absolute atomic E-state index is 13.2. The molecule has 0 radical (unpaired) electrons. The molecule has 0 bridgehead atoms. The first-order valence-corrected chi connectivity index (χ1v) is 14.7. The average molecular weight is 511 g/mol. The predicted molar refractivity (Wildman–Crippen MR) is 148 cm³/mol. The fourth-order valence-electron chi connectivity index (χ4n) is 6.83. The fraction of sp³-hybridized carbons (Fsp3) is 0.759. The number of piperidine rings is 2. The second-order valence-electron chi connectivity index (χ2n) is 11.9. The lowest BCUT2D eigenvalue weighted by molar-refractivity contribution is -0.138. The van der Waals surface area contributed by atoms with Gasteiger partial charge >= 0.3 is 0 Å². The maximum Gasteiger partial charge on any atom is 0.226 e. The van der Waals surface area contributed by atoms with Gasteiger partial charge in [0, 0.05) is 49.5 Å². The summed E-state index contributed by atoms with van der Waals surface area (Å²) in [5, 5.41) is 14.7. The summed E-state index contributed by atoms with van der Waals surface area (Å²) < 4.78 is 2.38. The molecule has 1 unspecified atom stereocenters. The zero-order valence-electron chi connectivity index (χ0n) is 23.0. The van der Waals surface area contributed by atoms with Crippen LogP contribution in [0.2, 0.25) is 0 Å². The SMILES string of the molecule is CCC[C@H](C)Nc1ncc2c(C3CCN(C(=O)C4CCCN(C)C4)CC3)cn([C@H]3CC[C@H](O)CC3)c2n1. The van der Waals surface area contributed by atoms with Gasteiger partial charge in [-0.2, -0.15) is 4.98 Å². The van der Waals surface area contributed by atoms with Crippen LogP contribution in [0.4, 0.5) is 5.95 Å². The first kappa shape index (κ1) is 26.4. The first-order valence-electron chi connectivity index (χ1n) is 14.7. The van der Waals surface area contributed by atoms with Crippen LogP contribution in [0.25, 0.3) is 11.0 Å². The van der Waals surface area contributed by atoms with Crippen LogP contribution in [0.3, 0.4) is 0 Å². The van der Waals surface area contributed by atoms with E-state index in [0.717, 1.165) is 101 Å². The summed E-state index contributed by atoms with van der Waals surface area (Å²) in [5.41, 5.74) is 2.35. The quantitative estimate of drug-likeness (QED) is 0.568. The molecule has 8 heteroatoms. The van der Waals surface area contributed by atoms with Crippen molar-refractivity contribution in [2.45, 2.75) is 102 Å². The molecule has 1 aliphatic carbocycles. The van der Waals surface area contributed by atoms with E-state index < -0.39 is 0 Å². The van der Waals surface area contributed by atoms with Crippen molar-refractivity contribution < 1.29 is 9.90 Å². The minimum absolute atomic E-state index is 0.160. The molecule has 8 nitrogen and oxygen atoms in total. The van der Waals surface area contributed by atoms with Gasteiger partial charge in [0.15, 0.2) is 0 Å². The van der Waals surface area contributed by atoms with Gasteiger partial charge in [-0.1, -0.05) is 13.3 Å². The largest absolute Gasteiger partial charge is 0.393 e. The number of nitrogens with one attached hydrogen (secondary N) is 1. The summed E-state index contributed by atoms with van der Waals surface area (Å²) in [6.45, 7) is 8.05. The first-order chi connectivity index (χ1) is 17.9. The Hall–Kier alpha value is -2.19. The molecule has 204 valence electrons. The van der Waals surface area contributed by atoms with E-state index in [4.69, 9.17) is 9.97 Å². The van der Waals surface area contributed by atoms with Gasteiger partial charge in [0.05, 0.1) is 12.0 Å². The number of nitrogens with zero attached hydrogens (tertiary/aromatic N) is 5. The number of anilines is 1. The second kappa shape index (κ2) is 11.7. The predicted octanol–water partition coefficient (Wildman–Crippen LogP) is 4.56. The topological polar surface area (TPSA) is 86.5 Å². The minimum Gasteiger partial charge on any atom is -0.393 e. The Labute approximate surface area is 221 Å². The lowest BCUT2D eigenvalue weighted by Crippen LogP contribution is -2.46. The molecular weight excluding hydrogens is 464 g/mol. The Morgan fingerprint density at radius 1 is 1.14 bits per heavy atom. The zero-order chi connectivity index (χ0) is 25.9. The number of carbonyl (C=O) groups is 1. The van der Waals surface area contributed by atoms with Gasteiger partial charge in [0.1, 0.15) is 5.65 Å². The lowest BCUT2D eigenvalue weighted by atomic mass is 9.88. The number of rotatable bonds is 7. The molecule has 0 spiro atoms. The van der Waals surface area contributed by atoms with Crippen molar-refractivity contribution >= 4 is 22.9 Å². The Morgan fingerprint density at radius 3 is 2.59 bits per heavy atom. The monoisotopic (exact) mass is 510 g/mol. The molecule has 37 heavy (non-hydrogen) atoms. The summed E-state index contributed by atoms with van der Waals surface area (Å²) in [6, 6.07) is 0.696. The van der Waals surface area contributed by atoms with E-state index in [9.17, 15) is 9.90 Å². The number of fused-ring (bicyclic) bond motifs is 1. The van der Waals surface area contributed by atoms with Gasteiger partial charge in [-0.3, -0.25) is 4.79 Å². The maximum atomic E-state index is 13.2. The van der Waals surface area contributed by atoms with Gasteiger partial charge in [-0.05, 0) is 89.8 Å². The number of aromatic nitrogens is 3. The van der Waals surface area contributed by atoms with E-state index in [1.807, 2.05) is 6.20 Å². The molecule has 2 N–H and O–H groups in total. The highest BCUT2D eigenvalue weighted by Gasteiger charge is 2.33. The van der Waals surface area contributed by atoms with Crippen LogP contribution in [0, 0.1) is 5.92 Å². The number of likely N-dealkylation sites (tertiary alicyclic amines) is 2. The van der Waals surface area contributed by atoms with Crippen LogP contribution < -0.4 is 5.32 Å². The summed E-state index contributed by atoms with van der Waals surface area (Å²) in [4.78, 5) is 27.4. The standard InChI is InChI=1S/C29H46N6O2/c1-4-6-20(2)31-29-30-17-25-26(19-35(27(25)32-29)23-8-10-24(36)11-9-23)21-12-15-34(16-13-21)28(37)22-7-5-14-33(3)18-22/h17,19-24,36H,4-16,18H2,1-3H3,(H,30,31,32)/t20-,22?,23-,24-/m0/s1. The molecular formula is C29H46N6O2. The highest BCUT2D eigenvalue weighted by atomic mass is 16.3. The Kier molecular flexibility index (Phi) is 8.34. The molecule has 1 amide bonds. The normalized spacial score (nSPS) is 26.9. The fourth-order valence-corrected chi connectivity index (χ4v) is 6.83. The van der Waals surface area contributed by atoms with Crippen molar-refractivity contribution in [2.24, 2.45) is 5.92 Å². The van der Waals surface area contributed by atoms with Crippen molar-refractivity contribution in [3.63, 3.8) is 0 Å². The summed E-state index contributed by atoms with van der Waals surface area (Å²) >= 11 is 0. The third kappa shape index (κ3) is 5.95. The van der Waals surface area contributed by atoms with Gasteiger partial charge in [0.25, 0.3) is 0 Å². The van der Waals surface area contributed by atoms with E-state index in [-0.39, 0.29) is 12.0 Å². The van der Waals surface area contributed by atoms with Crippen LogP contribution >= 0.6 is 0 Å². The summed E-state index contributed by atoms with van der Waals surface area (Å²) in [6.07, 6.45) is 14.2. The van der Waals surface area contributed by atoms with Crippen LogP contribution in [0.15, 0.2) is 12.4 Å². The molecule has 3 aliphatic rings. The van der Waals surface area contributed by atoms with E-state index in [2.05, 4.69) is 46.8 Å². The molecule has 2 aromatic heterocycles. The Morgan fingerprint density at radius 2 is 1.89 bits per heavy atom. The highest BCUT2D eigenvalue weighted by molar-refractivity contribution is 5.82. The van der Waals surface area contributed by atoms with E-state index in [1.165, 1.54) is 5.56 Å². The number of hydrogen-bond acceptors (Lipinski definition) is 6. The zero-order valence-corrected chi connectivity index (χ0v) is 23.0. The minimum atomic E-state index is -0.176. The second-order valence-corrected chi connectivity index (χ2v) is 11.9. The third-order valence-corrected chi connectivity index (χ3v) is 8.98. The number of hydrogen-bond donors (Lipinski definition) is 2. The number of carbonyl (C=O) groups excluding carboxylic acids is 1. The number of aliphatic hydroxyl groups is 1. The molecule has 2 aliphatic heterocycles. The van der Waals surface area contributed by atoms with Crippen LogP contribution in [-0.4, -0.2) is 80.7 Å². The highest BCUT2D eigenvalue weighted by Crippen LogP contribution is 2.38. The van der Waals surface area contributed by atoms with Gasteiger partial charge in [-0.25, -0.2) is 4.98 Å². The van der Waals surface area contributed by atoms with E-state index >= 15 is 0 Å². The van der Waals surface area contributed by atoms with Gasteiger partial charge in [-0.15, -0.1) is 0 Å². The molecule has 1 saturated carbocycles. The smallest absolute Gasteiger partial charge is 0.226 e.